The van der Waals surface area contributed by atoms with Crippen molar-refractivity contribution in [3.05, 3.63) is 47.8 Å². The van der Waals surface area contributed by atoms with E-state index in [1.54, 1.807) is 17.0 Å². The lowest BCUT2D eigenvalue weighted by Gasteiger charge is -2.28. The number of likely N-dealkylation sites (tertiary alicyclic amines) is 1. The topological polar surface area (TPSA) is 68.3 Å². The van der Waals surface area contributed by atoms with E-state index in [0.29, 0.717) is 35.9 Å². The molecule has 154 valence electrons. The molecule has 1 fully saturated rings. The van der Waals surface area contributed by atoms with Crippen LogP contribution in [0.25, 0.3) is 0 Å². The maximum Gasteiger partial charge on any atom is 0.260 e. The maximum atomic E-state index is 13.4. The summed E-state index contributed by atoms with van der Waals surface area (Å²) in [7, 11) is 4.41. The number of hydrogen-bond acceptors (Lipinski definition) is 5. The van der Waals surface area contributed by atoms with Gasteiger partial charge in [0.25, 0.3) is 5.91 Å². The van der Waals surface area contributed by atoms with Gasteiger partial charge in [0, 0.05) is 24.2 Å². The van der Waals surface area contributed by atoms with Crippen LogP contribution in [0.15, 0.2) is 36.4 Å². The molecule has 0 N–H and O–H groups in total. The van der Waals surface area contributed by atoms with Gasteiger partial charge in [-0.25, -0.2) is 4.39 Å². The molecule has 2 amide bonds. The smallest absolute Gasteiger partial charge is 0.260 e. The van der Waals surface area contributed by atoms with Crippen molar-refractivity contribution in [3.63, 3.8) is 0 Å². The SMILES string of the molecule is COc1cc(C(=O)N(CN2CCCC2=O)c2ccc(F)cc2)cc(OC)c1OC. The van der Waals surface area contributed by atoms with Gasteiger partial charge in [-0.2, -0.15) is 0 Å². The van der Waals surface area contributed by atoms with Gasteiger partial charge in [-0.3, -0.25) is 14.5 Å². The Hall–Kier alpha value is -3.29. The summed E-state index contributed by atoms with van der Waals surface area (Å²) in [4.78, 5) is 28.6. The van der Waals surface area contributed by atoms with Crippen LogP contribution in [-0.2, 0) is 4.79 Å². The van der Waals surface area contributed by atoms with Crippen molar-refractivity contribution in [2.24, 2.45) is 0 Å². The molecule has 0 spiro atoms. The van der Waals surface area contributed by atoms with Crippen molar-refractivity contribution in [2.45, 2.75) is 12.8 Å². The highest BCUT2D eigenvalue weighted by atomic mass is 19.1. The Labute approximate surface area is 168 Å². The Bertz CT molecular complexity index is 875. The van der Waals surface area contributed by atoms with E-state index in [1.807, 2.05) is 0 Å². The van der Waals surface area contributed by atoms with Gasteiger partial charge in [0.2, 0.25) is 11.7 Å². The standard InChI is InChI=1S/C21H23FN2O5/c1-27-17-11-14(12-18(28-2)20(17)29-3)21(26)24(13-23-10-4-5-19(23)25)16-8-6-15(22)7-9-16/h6-9,11-12H,4-5,10,13H2,1-3H3. The highest BCUT2D eigenvalue weighted by Gasteiger charge is 2.28. The highest BCUT2D eigenvalue weighted by molar-refractivity contribution is 6.07. The van der Waals surface area contributed by atoms with E-state index in [9.17, 15) is 14.0 Å². The molecule has 2 aromatic carbocycles. The number of carbonyl (C=O) groups excluding carboxylic acids is 2. The summed E-state index contributed by atoms with van der Waals surface area (Å²) < 4.78 is 29.4. The van der Waals surface area contributed by atoms with Crippen molar-refractivity contribution in [1.82, 2.24) is 4.90 Å². The Balaban J connectivity index is 2.01. The van der Waals surface area contributed by atoms with Crippen molar-refractivity contribution in [3.8, 4) is 17.2 Å². The number of amides is 2. The molecule has 0 aromatic heterocycles. The van der Waals surface area contributed by atoms with E-state index < -0.39 is 5.82 Å². The predicted octanol–water partition coefficient (Wildman–Crippen LogP) is 3.08. The van der Waals surface area contributed by atoms with Gasteiger partial charge < -0.3 is 19.1 Å². The highest BCUT2D eigenvalue weighted by Crippen LogP contribution is 2.38. The van der Waals surface area contributed by atoms with Crippen LogP contribution in [0.2, 0.25) is 0 Å². The van der Waals surface area contributed by atoms with Gasteiger partial charge in [0.05, 0.1) is 21.3 Å². The van der Waals surface area contributed by atoms with Gasteiger partial charge in [0.15, 0.2) is 11.5 Å². The second kappa shape index (κ2) is 8.81. The van der Waals surface area contributed by atoms with E-state index in [-0.39, 0.29) is 24.0 Å². The minimum absolute atomic E-state index is 0.0187. The summed E-state index contributed by atoms with van der Waals surface area (Å²) in [5.41, 5.74) is 0.764. The molecule has 29 heavy (non-hydrogen) atoms. The minimum Gasteiger partial charge on any atom is -0.493 e. The Morgan fingerprint density at radius 3 is 2.17 bits per heavy atom. The molecular formula is C21H23FN2O5. The van der Waals surface area contributed by atoms with E-state index in [1.165, 1.54) is 50.5 Å². The number of methoxy groups -OCH3 is 3. The average molecular weight is 402 g/mol. The van der Waals surface area contributed by atoms with Crippen LogP contribution in [0.1, 0.15) is 23.2 Å². The summed E-state index contributed by atoms with van der Waals surface area (Å²) in [6.07, 6.45) is 1.20. The van der Waals surface area contributed by atoms with E-state index in [4.69, 9.17) is 14.2 Å². The second-order valence-corrected chi connectivity index (χ2v) is 6.53. The molecule has 2 aromatic rings. The molecule has 0 atom stereocenters. The molecule has 7 nitrogen and oxygen atoms in total. The van der Waals surface area contributed by atoms with Crippen LogP contribution in [-0.4, -0.2) is 51.3 Å². The van der Waals surface area contributed by atoms with Gasteiger partial charge in [-0.1, -0.05) is 0 Å². The third-order valence-electron chi connectivity index (χ3n) is 4.78. The first-order valence-corrected chi connectivity index (χ1v) is 9.13. The third kappa shape index (κ3) is 4.26. The van der Waals surface area contributed by atoms with Crippen LogP contribution < -0.4 is 19.1 Å². The number of hydrogen-bond donors (Lipinski definition) is 0. The molecule has 0 radical (unpaired) electrons. The van der Waals surface area contributed by atoms with E-state index >= 15 is 0 Å². The first kappa shape index (κ1) is 20.4. The van der Waals surface area contributed by atoms with Gasteiger partial charge in [0.1, 0.15) is 12.5 Å². The molecule has 0 unspecified atom stereocenters. The fourth-order valence-electron chi connectivity index (χ4n) is 3.27. The van der Waals surface area contributed by atoms with Crippen LogP contribution in [0, 0.1) is 5.82 Å². The number of rotatable bonds is 7. The molecule has 3 rings (SSSR count). The Kier molecular flexibility index (Phi) is 6.21. The third-order valence-corrected chi connectivity index (χ3v) is 4.78. The van der Waals surface area contributed by atoms with Crippen molar-refractivity contribution in [1.29, 1.82) is 0 Å². The van der Waals surface area contributed by atoms with Crippen LogP contribution in [0.5, 0.6) is 17.2 Å². The van der Waals surface area contributed by atoms with Crippen molar-refractivity contribution in [2.75, 3.05) is 39.4 Å². The van der Waals surface area contributed by atoms with Gasteiger partial charge in [-0.15, -0.1) is 0 Å². The van der Waals surface area contributed by atoms with E-state index in [0.717, 1.165) is 6.42 Å². The normalized spacial score (nSPS) is 13.4. The molecule has 0 aliphatic carbocycles. The number of nitrogens with zero attached hydrogens (tertiary/aromatic N) is 2. The number of benzene rings is 2. The van der Waals surface area contributed by atoms with Crippen LogP contribution in [0.3, 0.4) is 0 Å². The quantitative estimate of drug-likeness (QED) is 0.712. The lowest BCUT2D eigenvalue weighted by Crippen LogP contribution is -2.42. The Morgan fingerprint density at radius 2 is 1.69 bits per heavy atom. The largest absolute Gasteiger partial charge is 0.493 e. The number of ether oxygens (including phenoxy) is 3. The summed E-state index contributed by atoms with van der Waals surface area (Å²) in [5.74, 6) is 0.240. The lowest BCUT2D eigenvalue weighted by atomic mass is 10.1. The predicted molar refractivity (Wildman–Crippen MR) is 105 cm³/mol. The van der Waals surface area contributed by atoms with Crippen LogP contribution >= 0.6 is 0 Å². The molecule has 0 saturated carbocycles. The summed E-state index contributed by atoms with van der Waals surface area (Å²) >= 11 is 0. The molecular weight excluding hydrogens is 379 g/mol. The van der Waals surface area contributed by atoms with Gasteiger partial charge >= 0.3 is 0 Å². The average Bonchev–Trinajstić information content (AvgIpc) is 3.15. The summed E-state index contributed by atoms with van der Waals surface area (Å²) in [6.45, 7) is 0.638. The first-order chi connectivity index (χ1) is 14.0. The second-order valence-electron chi connectivity index (χ2n) is 6.53. The maximum absolute atomic E-state index is 13.4. The zero-order valence-corrected chi connectivity index (χ0v) is 16.6. The fourth-order valence-corrected chi connectivity index (χ4v) is 3.27. The summed E-state index contributed by atoms with van der Waals surface area (Å²) in [5, 5.41) is 0. The molecule has 8 heteroatoms. The molecule has 1 heterocycles. The first-order valence-electron chi connectivity index (χ1n) is 9.13. The number of halogens is 1. The lowest BCUT2D eigenvalue weighted by molar-refractivity contribution is -0.127. The van der Waals surface area contributed by atoms with E-state index in [2.05, 4.69) is 0 Å². The minimum atomic E-state index is -0.411. The van der Waals surface area contributed by atoms with Crippen molar-refractivity contribution >= 4 is 17.5 Å². The zero-order chi connectivity index (χ0) is 21.0. The fraction of sp³-hybridized carbons (Fsp3) is 0.333. The van der Waals surface area contributed by atoms with Gasteiger partial charge in [-0.05, 0) is 42.8 Å². The summed E-state index contributed by atoms with van der Waals surface area (Å²) in [6, 6.07) is 8.66. The number of carbonyl (C=O) groups is 2. The molecule has 1 saturated heterocycles. The van der Waals surface area contributed by atoms with Crippen LogP contribution in [0.4, 0.5) is 10.1 Å². The molecule has 1 aliphatic heterocycles. The Morgan fingerprint density at radius 1 is 1.07 bits per heavy atom. The zero-order valence-electron chi connectivity index (χ0n) is 16.6. The monoisotopic (exact) mass is 402 g/mol. The van der Waals surface area contributed by atoms with Crippen molar-refractivity contribution < 1.29 is 28.2 Å². The number of anilines is 1. The molecule has 1 aliphatic rings. The molecule has 0 bridgehead atoms.